The molecule has 2 N–H and O–H groups in total. The van der Waals surface area contributed by atoms with Crippen LogP contribution in [0.15, 0.2) is 54.7 Å². The van der Waals surface area contributed by atoms with Gasteiger partial charge < -0.3 is 10.4 Å². The molecule has 112 valence electrons. The van der Waals surface area contributed by atoms with Gasteiger partial charge in [0.2, 0.25) is 0 Å². The van der Waals surface area contributed by atoms with Crippen LogP contribution in [0, 0.1) is 13.8 Å². The zero-order valence-electron chi connectivity index (χ0n) is 12.9. The van der Waals surface area contributed by atoms with Crippen LogP contribution in [0.1, 0.15) is 22.8 Å². The smallest absolute Gasteiger partial charge is 0.0964 e. The zero-order valence-corrected chi connectivity index (χ0v) is 12.9. The number of benzene rings is 2. The average Bonchev–Trinajstić information content (AvgIpc) is 2.53. The summed E-state index contributed by atoms with van der Waals surface area (Å²) in [7, 11) is 0. The van der Waals surface area contributed by atoms with E-state index in [9.17, 15) is 5.11 Å². The number of nitrogens with zero attached hydrogens (tertiary/aromatic N) is 1. The van der Waals surface area contributed by atoms with E-state index in [0.717, 1.165) is 33.3 Å². The van der Waals surface area contributed by atoms with E-state index in [1.54, 1.807) is 6.20 Å². The second-order valence-corrected chi connectivity index (χ2v) is 5.58. The van der Waals surface area contributed by atoms with Gasteiger partial charge in [0.15, 0.2) is 0 Å². The molecule has 0 amide bonds. The van der Waals surface area contributed by atoms with Crippen molar-refractivity contribution < 1.29 is 5.11 Å². The van der Waals surface area contributed by atoms with Gasteiger partial charge in [-0.2, -0.15) is 0 Å². The monoisotopic (exact) mass is 292 g/mol. The van der Waals surface area contributed by atoms with Gasteiger partial charge in [0.25, 0.3) is 0 Å². The summed E-state index contributed by atoms with van der Waals surface area (Å²) in [6.45, 7) is 4.54. The summed E-state index contributed by atoms with van der Waals surface area (Å²) in [5.74, 6) is 0. The number of aromatic nitrogens is 1. The molecule has 2 aromatic carbocycles. The number of anilines is 1. The lowest BCUT2D eigenvalue weighted by Crippen LogP contribution is -2.13. The second kappa shape index (κ2) is 6.16. The number of hydrogen-bond acceptors (Lipinski definition) is 3. The summed E-state index contributed by atoms with van der Waals surface area (Å²) in [6, 6.07) is 16.0. The van der Waals surface area contributed by atoms with Crippen molar-refractivity contribution >= 4 is 16.6 Å². The van der Waals surface area contributed by atoms with E-state index in [-0.39, 0.29) is 0 Å². The van der Waals surface area contributed by atoms with Gasteiger partial charge in [0, 0.05) is 23.8 Å². The van der Waals surface area contributed by atoms with Crippen molar-refractivity contribution in [1.29, 1.82) is 0 Å². The molecule has 1 aromatic heterocycles. The third-order valence-electron chi connectivity index (χ3n) is 4.01. The van der Waals surface area contributed by atoms with Crippen LogP contribution in [0.25, 0.3) is 10.9 Å². The Morgan fingerprint density at radius 3 is 2.59 bits per heavy atom. The minimum absolute atomic E-state index is 0.470. The van der Waals surface area contributed by atoms with E-state index >= 15 is 0 Å². The fourth-order valence-corrected chi connectivity index (χ4v) is 2.76. The predicted octanol–water partition coefficient (Wildman–Crippen LogP) is 4.00. The lowest BCUT2D eigenvalue weighted by atomic mass is 10.0. The second-order valence-electron chi connectivity index (χ2n) is 5.58. The van der Waals surface area contributed by atoms with Crippen molar-refractivity contribution in [1.82, 2.24) is 4.98 Å². The molecule has 0 saturated carbocycles. The molecule has 0 bridgehead atoms. The fraction of sp³-hybridized carbons (Fsp3) is 0.211. The number of hydrogen-bond donors (Lipinski definition) is 2. The van der Waals surface area contributed by atoms with Crippen molar-refractivity contribution in [3.8, 4) is 0 Å². The Kier molecular flexibility index (Phi) is 4.07. The molecule has 0 aliphatic carbocycles. The van der Waals surface area contributed by atoms with Crippen molar-refractivity contribution in [3.63, 3.8) is 0 Å². The highest BCUT2D eigenvalue weighted by molar-refractivity contribution is 5.92. The van der Waals surface area contributed by atoms with E-state index in [4.69, 9.17) is 0 Å². The number of nitrogens with one attached hydrogen (secondary N) is 1. The van der Waals surface area contributed by atoms with Gasteiger partial charge >= 0.3 is 0 Å². The number of fused-ring (bicyclic) bond motifs is 1. The molecule has 0 aliphatic rings. The van der Waals surface area contributed by atoms with Crippen LogP contribution >= 0.6 is 0 Å². The van der Waals surface area contributed by atoms with Gasteiger partial charge in [-0.15, -0.1) is 0 Å². The summed E-state index contributed by atoms with van der Waals surface area (Å²) < 4.78 is 0. The van der Waals surface area contributed by atoms with Gasteiger partial charge in [-0.1, -0.05) is 42.5 Å². The number of rotatable bonds is 4. The maximum Gasteiger partial charge on any atom is 0.0964 e. The van der Waals surface area contributed by atoms with E-state index in [2.05, 4.69) is 29.4 Å². The lowest BCUT2D eigenvalue weighted by Gasteiger charge is -2.16. The Balaban J connectivity index is 1.83. The van der Waals surface area contributed by atoms with Crippen molar-refractivity contribution in [3.05, 3.63) is 71.4 Å². The van der Waals surface area contributed by atoms with Crippen LogP contribution < -0.4 is 5.32 Å². The molecule has 3 rings (SSSR count). The van der Waals surface area contributed by atoms with E-state index in [1.165, 1.54) is 0 Å². The van der Waals surface area contributed by atoms with E-state index < -0.39 is 6.10 Å². The predicted molar refractivity (Wildman–Crippen MR) is 91.1 cm³/mol. The normalized spacial score (nSPS) is 12.3. The molecule has 0 radical (unpaired) electrons. The van der Waals surface area contributed by atoms with Crippen molar-refractivity contribution in [2.24, 2.45) is 0 Å². The molecule has 3 aromatic rings. The quantitative estimate of drug-likeness (QED) is 0.764. The van der Waals surface area contributed by atoms with Gasteiger partial charge in [-0.3, -0.25) is 4.98 Å². The SMILES string of the molecule is Cc1ccccc1C(O)CNc1ccnc2c(C)cccc12. The summed E-state index contributed by atoms with van der Waals surface area (Å²) in [4.78, 5) is 4.44. The summed E-state index contributed by atoms with van der Waals surface area (Å²) in [6.07, 6.45) is 1.27. The van der Waals surface area contributed by atoms with Crippen LogP contribution in [0.3, 0.4) is 0 Å². The standard InChI is InChI=1S/C19H20N2O/c1-13-6-3-4-8-15(13)18(22)12-21-17-10-11-20-19-14(2)7-5-9-16(17)19/h3-11,18,22H,12H2,1-2H3,(H,20,21). The molecule has 0 fully saturated rings. The van der Waals surface area contributed by atoms with E-state index in [0.29, 0.717) is 6.54 Å². The summed E-state index contributed by atoms with van der Waals surface area (Å²) in [5.41, 5.74) is 5.22. The maximum absolute atomic E-state index is 10.4. The van der Waals surface area contributed by atoms with Crippen LogP contribution in [-0.2, 0) is 0 Å². The van der Waals surface area contributed by atoms with Crippen LogP contribution in [0.5, 0.6) is 0 Å². The first-order valence-corrected chi connectivity index (χ1v) is 7.48. The molecule has 1 unspecified atom stereocenters. The Hall–Kier alpha value is -2.39. The molecular weight excluding hydrogens is 272 g/mol. The Morgan fingerprint density at radius 1 is 1.00 bits per heavy atom. The molecule has 3 nitrogen and oxygen atoms in total. The molecule has 0 aliphatic heterocycles. The lowest BCUT2D eigenvalue weighted by molar-refractivity contribution is 0.191. The summed E-state index contributed by atoms with van der Waals surface area (Å²) in [5, 5.41) is 14.8. The highest BCUT2D eigenvalue weighted by atomic mass is 16.3. The highest BCUT2D eigenvalue weighted by Crippen LogP contribution is 2.25. The molecule has 0 saturated heterocycles. The Labute approximate surface area is 130 Å². The molecule has 1 heterocycles. The molecule has 0 spiro atoms. The first-order valence-electron chi connectivity index (χ1n) is 7.48. The van der Waals surface area contributed by atoms with Gasteiger partial charge in [-0.25, -0.2) is 0 Å². The first-order chi connectivity index (χ1) is 10.7. The molecular formula is C19H20N2O. The number of aliphatic hydroxyl groups excluding tert-OH is 1. The number of aliphatic hydroxyl groups is 1. The van der Waals surface area contributed by atoms with Crippen molar-refractivity contribution in [2.75, 3.05) is 11.9 Å². The van der Waals surface area contributed by atoms with Gasteiger partial charge in [-0.05, 0) is 36.6 Å². The van der Waals surface area contributed by atoms with Gasteiger partial charge in [0.05, 0.1) is 11.6 Å². The number of pyridine rings is 1. The molecule has 22 heavy (non-hydrogen) atoms. The topological polar surface area (TPSA) is 45.1 Å². The fourth-order valence-electron chi connectivity index (χ4n) is 2.76. The van der Waals surface area contributed by atoms with E-state index in [1.807, 2.05) is 43.3 Å². The molecule has 3 heteroatoms. The highest BCUT2D eigenvalue weighted by Gasteiger charge is 2.10. The number of aryl methyl sites for hydroxylation is 2. The largest absolute Gasteiger partial charge is 0.387 e. The number of para-hydroxylation sites is 1. The third kappa shape index (κ3) is 2.81. The van der Waals surface area contributed by atoms with Crippen LogP contribution in [0.4, 0.5) is 5.69 Å². The average molecular weight is 292 g/mol. The van der Waals surface area contributed by atoms with Crippen molar-refractivity contribution in [2.45, 2.75) is 20.0 Å². The molecule has 1 atom stereocenters. The third-order valence-corrected chi connectivity index (χ3v) is 4.01. The van der Waals surface area contributed by atoms with Crippen LogP contribution in [0.2, 0.25) is 0 Å². The Bertz CT molecular complexity index is 798. The first kappa shape index (κ1) is 14.5. The minimum Gasteiger partial charge on any atom is -0.387 e. The zero-order chi connectivity index (χ0) is 15.5. The maximum atomic E-state index is 10.4. The van der Waals surface area contributed by atoms with Gasteiger partial charge in [0.1, 0.15) is 0 Å². The van der Waals surface area contributed by atoms with Crippen LogP contribution in [-0.4, -0.2) is 16.6 Å². The minimum atomic E-state index is -0.533. The summed E-state index contributed by atoms with van der Waals surface area (Å²) >= 11 is 0. The Morgan fingerprint density at radius 2 is 1.77 bits per heavy atom.